The third-order valence-electron chi connectivity index (χ3n) is 3.72. The van der Waals surface area contributed by atoms with E-state index in [4.69, 9.17) is 5.11 Å². The van der Waals surface area contributed by atoms with Gasteiger partial charge in [-0.2, -0.15) is 0 Å². The Balaban J connectivity index is 1.82. The van der Waals surface area contributed by atoms with Crippen LogP contribution in [0.15, 0.2) is 24.3 Å². The fourth-order valence-corrected chi connectivity index (χ4v) is 4.08. The Morgan fingerprint density at radius 3 is 2.86 bits per heavy atom. The van der Waals surface area contributed by atoms with Gasteiger partial charge >= 0.3 is 5.97 Å². The van der Waals surface area contributed by atoms with E-state index < -0.39 is 24.0 Å². The Hall–Kier alpha value is -2.02. The summed E-state index contributed by atoms with van der Waals surface area (Å²) in [7, 11) is 0. The van der Waals surface area contributed by atoms with E-state index in [-0.39, 0.29) is 11.3 Å². The van der Waals surface area contributed by atoms with E-state index in [9.17, 15) is 14.4 Å². The van der Waals surface area contributed by atoms with Gasteiger partial charge in [-0.3, -0.25) is 14.4 Å². The van der Waals surface area contributed by atoms with Gasteiger partial charge in [0.25, 0.3) is 5.91 Å². The maximum atomic E-state index is 12.4. The van der Waals surface area contributed by atoms with Gasteiger partial charge in [0.2, 0.25) is 5.91 Å². The van der Waals surface area contributed by atoms with Crippen LogP contribution >= 0.6 is 11.8 Å². The maximum Gasteiger partial charge on any atom is 0.325 e. The summed E-state index contributed by atoms with van der Waals surface area (Å²) in [6, 6.07) is 5.72. The molecule has 0 saturated carbocycles. The molecule has 1 saturated heterocycles. The van der Waals surface area contributed by atoms with Crippen LogP contribution in [0.3, 0.4) is 0 Å². The van der Waals surface area contributed by atoms with E-state index >= 15 is 0 Å². The molecule has 3 atom stereocenters. The highest BCUT2D eigenvalue weighted by molar-refractivity contribution is 7.99. The molecule has 2 aliphatic heterocycles. The fraction of sp³-hybridized carbons (Fsp3) is 0.357. The second-order valence-corrected chi connectivity index (χ2v) is 6.18. The first-order chi connectivity index (χ1) is 10.0. The first-order valence-electron chi connectivity index (χ1n) is 6.57. The molecule has 2 amide bonds. The summed E-state index contributed by atoms with van der Waals surface area (Å²) in [6.45, 7) is 1.40. The molecule has 2 heterocycles. The zero-order chi connectivity index (χ0) is 15.1. The molecule has 2 N–H and O–H groups in total. The molecule has 0 aromatic heterocycles. The Labute approximate surface area is 125 Å². The monoisotopic (exact) mass is 306 g/mol. The minimum atomic E-state index is -1.10. The number of carboxylic acids is 1. The third kappa shape index (κ3) is 2.17. The van der Waals surface area contributed by atoms with Crippen LogP contribution in [-0.4, -0.2) is 45.6 Å². The Bertz CT molecular complexity index is 633. The summed E-state index contributed by atoms with van der Waals surface area (Å²) < 4.78 is 0. The van der Waals surface area contributed by atoms with Gasteiger partial charge in [0.15, 0.2) is 0 Å². The largest absolute Gasteiger partial charge is 0.480 e. The predicted octanol–water partition coefficient (Wildman–Crippen LogP) is 0.846. The third-order valence-corrected chi connectivity index (χ3v) is 5.03. The van der Waals surface area contributed by atoms with Gasteiger partial charge in [0.1, 0.15) is 17.5 Å². The van der Waals surface area contributed by atoms with Crippen LogP contribution in [0.5, 0.6) is 0 Å². The van der Waals surface area contributed by atoms with Crippen LogP contribution in [0.25, 0.3) is 0 Å². The molecule has 0 radical (unpaired) electrons. The summed E-state index contributed by atoms with van der Waals surface area (Å²) in [5.41, 5.74) is 1.55. The zero-order valence-electron chi connectivity index (χ0n) is 11.3. The number of rotatable bonds is 3. The van der Waals surface area contributed by atoms with Crippen molar-refractivity contribution in [1.82, 2.24) is 10.2 Å². The van der Waals surface area contributed by atoms with Crippen LogP contribution < -0.4 is 5.32 Å². The van der Waals surface area contributed by atoms with Gasteiger partial charge in [-0.15, -0.1) is 11.8 Å². The number of hydrogen-bond acceptors (Lipinski definition) is 4. The molecule has 1 aromatic carbocycles. The fourth-order valence-electron chi connectivity index (χ4n) is 2.61. The van der Waals surface area contributed by atoms with E-state index in [1.54, 1.807) is 17.0 Å². The number of fused-ring (bicyclic) bond motifs is 3. The lowest BCUT2D eigenvalue weighted by Gasteiger charge is -2.23. The van der Waals surface area contributed by atoms with Crippen molar-refractivity contribution in [3.05, 3.63) is 35.4 Å². The van der Waals surface area contributed by atoms with Crippen molar-refractivity contribution < 1.29 is 19.5 Å². The average Bonchev–Trinajstić information content (AvgIpc) is 3.00. The second kappa shape index (κ2) is 5.07. The van der Waals surface area contributed by atoms with Crippen LogP contribution in [0.1, 0.15) is 28.2 Å². The molecule has 0 spiro atoms. The molecule has 7 heteroatoms. The van der Waals surface area contributed by atoms with E-state index in [0.717, 1.165) is 5.56 Å². The van der Waals surface area contributed by atoms with Gasteiger partial charge in [-0.1, -0.05) is 18.2 Å². The van der Waals surface area contributed by atoms with Crippen molar-refractivity contribution in [2.45, 2.75) is 24.4 Å². The molecular weight excluding hydrogens is 292 g/mol. The number of amides is 2. The number of benzene rings is 1. The zero-order valence-corrected chi connectivity index (χ0v) is 12.1. The highest BCUT2D eigenvalue weighted by atomic mass is 32.2. The summed E-state index contributed by atoms with van der Waals surface area (Å²) in [5, 5.41) is 11.1. The molecular formula is C14H14N2O4S. The minimum absolute atomic E-state index is 0.149. The van der Waals surface area contributed by atoms with Crippen molar-refractivity contribution in [1.29, 1.82) is 0 Å². The number of nitrogens with zero attached hydrogens (tertiary/aromatic N) is 1. The van der Waals surface area contributed by atoms with E-state index in [1.807, 2.05) is 12.1 Å². The Morgan fingerprint density at radius 2 is 2.14 bits per heavy atom. The van der Waals surface area contributed by atoms with E-state index in [2.05, 4.69) is 5.32 Å². The minimum Gasteiger partial charge on any atom is -0.480 e. The lowest BCUT2D eigenvalue weighted by atomic mass is 10.1. The summed E-state index contributed by atoms with van der Waals surface area (Å²) >= 11 is 1.53. The molecule has 6 nitrogen and oxygen atoms in total. The van der Waals surface area contributed by atoms with Crippen LogP contribution in [0.4, 0.5) is 0 Å². The van der Waals surface area contributed by atoms with E-state index in [1.165, 1.54) is 18.7 Å². The van der Waals surface area contributed by atoms with Gasteiger partial charge < -0.3 is 15.3 Å². The lowest BCUT2D eigenvalue weighted by molar-refractivity contribution is -0.141. The number of thioether (sulfide) groups is 1. The number of carboxylic acid groups (broad SMARTS) is 1. The average molecular weight is 306 g/mol. The van der Waals surface area contributed by atoms with Gasteiger partial charge in [-0.05, 0) is 18.6 Å². The quantitative estimate of drug-likeness (QED) is 0.864. The molecule has 2 aliphatic rings. The second-order valence-electron chi connectivity index (χ2n) is 5.07. The topological polar surface area (TPSA) is 86.7 Å². The van der Waals surface area contributed by atoms with Crippen molar-refractivity contribution in [2.24, 2.45) is 0 Å². The summed E-state index contributed by atoms with van der Waals surface area (Å²) in [6.07, 6.45) is 0. The normalized spacial score (nSPS) is 24.4. The number of carbonyl (C=O) groups excluding carboxylic acids is 2. The number of carbonyl (C=O) groups is 3. The lowest BCUT2D eigenvalue weighted by Crippen LogP contribution is -2.50. The Morgan fingerprint density at radius 1 is 1.43 bits per heavy atom. The molecule has 110 valence electrons. The standard InChI is InChI=1S/C14H14N2O4S/c1-7(14(19)20)15-11(17)10-6-21-13-9-5-3-2-4-8(9)12(18)16(10)13/h2-5,7,10,13H,6H2,1H3,(H,15,17)(H,19,20)/t7-,10-,13-/m1/s1. The number of aliphatic carboxylic acids is 1. The highest BCUT2D eigenvalue weighted by Crippen LogP contribution is 2.47. The molecule has 1 aromatic rings. The smallest absolute Gasteiger partial charge is 0.325 e. The van der Waals surface area contributed by atoms with Crippen molar-refractivity contribution in [2.75, 3.05) is 5.75 Å². The molecule has 0 aliphatic carbocycles. The number of hydrogen-bond donors (Lipinski definition) is 2. The molecule has 21 heavy (non-hydrogen) atoms. The van der Waals surface area contributed by atoms with Crippen molar-refractivity contribution in [3.63, 3.8) is 0 Å². The molecule has 0 bridgehead atoms. The Kier molecular flexibility index (Phi) is 3.36. The van der Waals surface area contributed by atoms with Crippen molar-refractivity contribution >= 4 is 29.5 Å². The van der Waals surface area contributed by atoms with Gasteiger partial charge in [0.05, 0.1) is 0 Å². The van der Waals surface area contributed by atoms with Crippen LogP contribution in [0.2, 0.25) is 0 Å². The number of nitrogens with one attached hydrogen (secondary N) is 1. The van der Waals surface area contributed by atoms with Gasteiger partial charge in [0, 0.05) is 11.3 Å². The summed E-state index contributed by atoms with van der Waals surface area (Å²) in [4.78, 5) is 37.0. The SMILES string of the molecule is C[C@@H](NC(=O)[C@H]1CS[C@@H]2c3ccccc3C(=O)N12)C(=O)O. The predicted molar refractivity (Wildman–Crippen MR) is 76.8 cm³/mol. The van der Waals surface area contributed by atoms with Crippen LogP contribution in [0, 0.1) is 0 Å². The maximum absolute atomic E-state index is 12.4. The highest BCUT2D eigenvalue weighted by Gasteiger charge is 2.48. The first kappa shape index (κ1) is 13.9. The van der Waals surface area contributed by atoms with Crippen LogP contribution in [-0.2, 0) is 9.59 Å². The molecule has 3 rings (SSSR count). The van der Waals surface area contributed by atoms with Crippen molar-refractivity contribution in [3.8, 4) is 0 Å². The van der Waals surface area contributed by atoms with Gasteiger partial charge in [-0.25, -0.2) is 0 Å². The first-order valence-corrected chi connectivity index (χ1v) is 7.62. The molecule has 1 fully saturated rings. The summed E-state index contributed by atoms with van der Waals surface area (Å²) in [5.74, 6) is -1.20. The van der Waals surface area contributed by atoms with E-state index in [0.29, 0.717) is 11.3 Å². The molecule has 0 unspecified atom stereocenters.